The number of hydrazine groups is 1. The first-order chi connectivity index (χ1) is 5.52. The summed E-state index contributed by atoms with van der Waals surface area (Å²) in [7, 11) is 0. The summed E-state index contributed by atoms with van der Waals surface area (Å²) in [6.07, 6.45) is -0.172. The molecule has 12 heavy (non-hydrogen) atoms. The molecule has 1 aliphatic rings. The first kappa shape index (κ1) is 8.51. The first-order valence-corrected chi connectivity index (χ1v) is 3.34. The van der Waals surface area contributed by atoms with Crippen molar-refractivity contribution in [3.63, 3.8) is 0 Å². The van der Waals surface area contributed by atoms with E-state index in [1.165, 1.54) is 6.92 Å². The fourth-order valence-corrected chi connectivity index (χ4v) is 1.02. The average Bonchev–Trinajstić information content (AvgIpc) is 2.31. The van der Waals surface area contributed by atoms with Gasteiger partial charge in [0.1, 0.15) is 0 Å². The molecule has 6 heteroatoms. The van der Waals surface area contributed by atoms with E-state index in [2.05, 4.69) is 5.43 Å². The molecule has 1 saturated heterocycles. The molecule has 0 saturated carbocycles. The van der Waals surface area contributed by atoms with Crippen molar-refractivity contribution >= 4 is 17.8 Å². The minimum Gasteiger partial charge on any atom is -0.480 e. The van der Waals surface area contributed by atoms with Crippen molar-refractivity contribution < 1.29 is 19.5 Å². The van der Waals surface area contributed by atoms with Gasteiger partial charge in [0.25, 0.3) is 0 Å². The van der Waals surface area contributed by atoms with Crippen molar-refractivity contribution in [1.29, 1.82) is 0 Å². The summed E-state index contributed by atoms with van der Waals surface area (Å²) in [5, 5.41) is 9.39. The van der Waals surface area contributed by atoms with E-state index in [-0.39, 0.29) is 6.42 Å². The zero-order valence-corrected chi connectivity index (χ0v) is 6.40. The number of carbonyl (C=O) groups excluding carboxylic acids is 2. The third-order valence-corrected chi connectivity index (χ3v) is 1.56. The van der Waals surface area contributed by atoms with Crippen LogP contribution in [0.3, 0.4) is 0 Å². The van der Waals surface area contributed by atoms with Crippen LogP contribution >= 0.6 is 0 Å². The largest absolute Gasteiger partial charge is 0.480 e. The van der Waals surface area contributed by atoms with Crippen LogP contribution in [0.2, 0.25) is 0 Å². The molecular formula is C6H8N2O4. The highest BCUT2D eigenvalue weighted by atomic mass is 16.4. The second kappa shape index (κ2) is 2.80. The molecule has 0 aromatic rings. The number of hydrogen-bond donors (Lipinski definition) is 2. The number of nitrogens with zero attached hydrogens (tertiary/aromatic N) is 1. The van der Waals surface area contributed by atoms with Crippen LogP contribution in [0.25, 0.3) is 0 Å². The lowest BCUT2D eigenvalue weighted by atomic mass is 10.2. The fraction of sp³-hybridized carbons (Fsp3) is 0.500. The maximum absolute atomic E-state index is 10.8. The lowest BCUT2D eigenvalue weighted by Crippen LogP contribution is -2.45. The lowest BCUT2D eigenvalue weighted by molar-refractivity contribution is -0.149. The van der Waals surface area contributed by atoms with Crippen LogP contribution in [0.4, 0.5) is 0 Å². The van der Waals surface area contributed by atoms with E-state index in [9.17, 15) is 14.4 Å². The Morgan fingerprint density at radius 3 is 2.58 bits per heavy atom. The summed E-state index contributed by atoms with van der Waals surface area (Å²) in [6.45, 7) is 1.20. The molecule has 1 unspecified atom stereocenters. The molecular weight excluding hydrogens is 164 g/mol. The molecule has 1 aliphatic heterocycles. The van der Waals surface area contributed by atoms with Gasteiger partial charge >= 0.3 is 5.97 Å². The number of rotatable bonds is 1. The molecule has 0 aromatic heterocycles. The van der Waals surface area contributed by atoms with Gasteiger partial charge in [0.05, 0.1) is 6.42 Å². The van der Waals surface area contributed by atoms with Crippen LogP contribution in [-0.4, -0.2) is 33.9 Å². The van der Waals surface area contributed by atoms with Crippen molar-refractivity contribution in [1.82, 2.24) is 10.4 Å². The minimum atomic E-state index is -1.18. The molecule has 1 heterocycles. The quantitative estimate of drug-likeness (QED) is 0.516. The zero-order chi connectivity index (χ0) is 9.30. The molecule has 0 bridgehead atoms. The zero-order valence-electron chi connectivity index (χ0n) is 6.40. The Hall–Kier alpha value is -1.59. The molecule has 2 N–H and O–H groups in total. The maximum atomic E-state index is 10.8. The van der Waals surface area contributed by atoms with Gasteiger partial charge in [0.15, 0.2) is 6.04 Å². The SMILES string of the molecule is CC(=O)N1NC(=O)CC1C(=O)O. The molecule has 0 spiro atoms. The Morgan fingerprint density at radius 2 is 2.25 bits per heavy atom. The Kier molecular flexibility index (Phi) is 1.99. The molecule has 0 radical (unpaired) electrons. The second-order valence-electron chi connectivity index (χ2n) is 2.48. The van der Waals surface area contributed by atoms with Gasteiger partial charge in [-0.25, -0.2) is 9.80 Å². The summed E-state index contributed by atoms with van der Waals surface area (Å²) in [4.78, 5) is 31.9. The predicted octanol–water partition coefficient (Wildman–Crippen LogP) is -1.28. The smallest absolute Gasteiger partial charge is 0.329 e. The second-order valence-corrected chi connectivity index (χ2v) is 2.48. The van der Waals surface area contributed by atoms with E-state index in [1.54, 1.807) is 0 Å². The van der Waals surface area contributed by atoms with Crippen LogP contribution in [0.15, 0.2) is 0 Å². The number of aliphatic carboxylic acids is 1. The number of carbonyl (C=O) groups is 3. The molecule has 0 aliphatic carbocycles. The number of hydrogen-bond acceptors (Lipinski definition) is 3. The third-order valence-electron chi connectivity index (χ3n) is 1.56. The molecule has 0 aromatic carbocycles. The number of carboxylic acids is 1. The van der Waals surface area contributed by atoms with Gasteiger partial charge in [0, 0.05) is 6.92 Å². The van der Waals surface area contributed by atoms with Crippen molar-refractivity contribution in [2.45, 2.75) is 19.4 Å². The van der Waals surface area contributed by atoms with E-state index in [1.807, 2.05) is 0 Å². The van der Waals surface area contributed by atoms with Crippen LogP contribution < -0.4 is 5.43 Å². The first-order valence-electron chi connectivity index (χ1n) is 3.34. The van der Waals surface area contributed by atoms with E-state index in [0.29, 0.717) is 0 Å². The van der Waals surface area contributed by atoms with Crippen LogP contribution in [0.5, 0.6) is 0 Å². The highest BCUT2D eigenvalue weighted by Crippen LogP contribution is 2.09. The van der Waals surface area contributed by atoms with E-state index < -0.39 is 23.8 Å². The van der Waals surface area contributed by atoms with E-state index >= 15 is 0 Å². The average molecular weight is 172 g/mol. The van der Waals surface area contributed by atoms with E-state index in [4.69, 9.17) is 5.11 Å². The topological polar surface area (TPSA) is 86.7 Å². The molecule has 2 amide bonds. The maximum Gasteiger partial charge on any atom is 0.329 e. The number of amides is 2. The highest BCUT2D eigenvalue weighted by molar-refractivity contribution is 5.92. The fourth-order valence-electron chi connectivity index (χ4n) is 1.02. The predicted molar refractivity (Wildman–Crippen MR) is 36.7 cm³/mol. The standard InChI is InChI=1S/C6H8N2O4/c1-3(9)8-4(6(11)12)2-5(10)7-8/h4H,2H2,1H3,(H,7,10)(H,11,12). The summed E-state index contributed by atoms with van der Waals surface area (Å²) < 4.78 is 0. The van der Waals surface area contributed by atoms with Crippen LogP contribution in [0, 0.1) is 0 Å². The minimum absolute atomic E-state index is 0.172. The van der Waals surface area contributed by atoms with Crippen molar-refractivity contribution in [3.8, 4) is 0 Å². The van der Waals surface area contributed by atoms with Gasteiger partial charge in [-0.3, -0.25) is 15.0 Å². The monoisotopic (exact) mass is 172 g/mol. The normalized spacial score (nSPS) is 22.2. The lowest BCUT2D eigenvalue weighted by Gasteiger charge is -2.17. The molecule has 1 rings (SSSR count). The van der Waals surface area contributed by atoms with Crippen molar-refractivity contribution in [3.05, 3.63) is 0 Å². The molecule has 6 nitrogen and oxygen atoms in total. The van der Waals surface area contributed by atoms with Gasteiger partial charge in [-0.05, 0) is 0 Å². The third kappa shape index (κ3) is 1.36. The Labute approximate surface area is 68.1 Å². The molecule has 1 fully saturated rings. The van der Waals surface area contributed by atoms with Crippen LogP contribution in [0.1, 0.15) is 13.3 Å². The summed E-state index contributed by atoms with van der Waals surface area (Å²) in [5.74, 6) is -2.10. The Balaban J connectivity index is 2.79. The number of carboxylic acid groups (broad SMARTS) is 1. The Bertz CT molecular complexity index is 226. The Morgan fingerprint density at radius 1 is 1.67 bits per heavy atom. The summed E-state index contributed by atoms with van der Waals surface area (Å²) in [6, 6.07) is -1.06. The summed E-state index contributed by atoms with van der Waals surface area (Å²) in [5.41, 5.74) is 2.15. The number of nitrogens with one attached hydrogen (secondary N) is 1. The van der Waals surface area contributed by atoms with Crippen LogP contribution in [-0.2, 0) is 14.4 Å². The van der Waals surface area contributed by atoms with Crippen molar-refractivity contribution in [2.75, 3.05) is 0 Å². The highest BCUT2D eigenvalue weighted by Gasteiger charge is 2.37. The van der Waals surface area contributed by atoms with Gasteiger partial charge in [-0.15, -0.1) is 0 Å². The van der Waals surface area contributed by atoms with Gasteiger partial charge < -0.3 is 5.11 Å². The van der Waals surface area contributed by atoms with Gasteiger partial charge in [-0.1, -0.05) is 0 Å². The van der Waals surface area contributed by atoms with E-state index in [0.717, 1.165) is 5.01 Å². The molecule has 1 atom stereocenters. The van der Waals surface area contributed by atoms with Crippen molar-refractivity contribution in [2.24, 2.45) is 0 Å². The molecule has 66 valence electrons. The summed E-state index contributed by atoms with van der Waals surface area (Å²) >= 11 is 0. The van der Waals surface area contributed by atoms with Gasteiger partial charge in [0.2, 0.25) is 11.8 Å². The van der Waals surface area contributed by atoms with Gasteiger partial charge in [-0.2, -0.15) is 0 Å².